The van der Waals surface area contributed by atoms with Crippen molar-refractivity contribution in [2.45, 2.75) is 13.0 Å². The minimum Gasteiger partial charge on any atom is -0.314 e. The Morgan fingerprint density at radius 3 is 2.72 bits per heavy atom. The van der Waals surface area contributed by atoms with Crippen LogP contribution in [0.4, 0.5) is 0 Å². The minimum absolute atomic E-state index is 0.385. The number of thiophene rings is 1. The second kappa shape index (κ2) is 6.19. The molecule has 0 aliphatic rings. The van der Waals surface area contributed by atoms with Gasteiger partial charge in [-0.1, -0.05) is 35.9 Å². The standard InChI is InChI=1S/C15H16ClNS/c1-11(17-2)7-8-12-9-10-15(18-12)13-5-3-4-6-14(13)16/h3-11,17H,1-2H3/b8-7+. The molecule has 2 rings (SSSR count). The highest BCUT2D eigenvalue weighted by molar-refractivity contribution is 7.16. The molecule has 0 aliphatic carbocycles. The highest BCUT2D eigenvalue weighted by Gasteiger charge is 2.04. The molecule has 1 nitrogen and oxygen atoms in total. The molecule has 0 spiro atoms. The number of nitrogens with one attached hydrogen (secondary N) is 1. The molecule has 0 aliphatic heterocycles. The third-order valence-corrected chi connectivity index (χ3v) is 4.18. The van der Waals surface area contributed by atoms with Crippen LogP contribution in [-0.4, -0.2) is 13.1 Å². The third-order valence-electron chi connectivity index (χ3n) is 2.77. The molecule has 1 aromatic heterocycles. The van der Waals surface area contributed by atoms with Crippen LogP contribution < -0.4 is 5.32 Å². The molecule has 0 bridgehead atoms. The van der Waals surface area contributed by atoms with E-state index in [1.54, 1.807) is 11.3 Å². The normalized spacial score (nSPS) is 13.1. The molecule has 0 fully saturated rings. The predicted octanol–water partition coefficient (Wildman–Crippen LogP) is 4.69. The number of hydrogen-bond donors (Lipinski definition) is 1. The van der Waals surface area contributed by atoms with Gasteiger partial charge < -0.3 is 5.32 Å². The van der Waals surface area contributed by atoms with Gasteiger partial charge in [0.2, 0.25) is 0 Å². The minimum atomic E-state index is 0.385. The molecule has 1 atom stereocenters. The van der Waals surface area contributed by atoms with Crippen molar-refractivity contribution < 1.29 is 0 Å². The van der Waals surface area contributed by atoms with E-state index in [0.717, 1.165) is 10.6 Å². The summed E-state index contributed by atoms with van der Waals surface area (Å²) < 4.78 is 0. The van der Waals surface area contributed by atoms with E-state index in [0.29, 0.717) is 6.04 Å². The molecule has 0 amide bonds. The van der Waals surface area contributed by atoms with Crippen molar-refractivity contribution in [3.8, 4) is 10.4 Å². The van der Waals surface area contributed by atoms with Crippen LogP contribution in [0.1, 0.15) is 11.8 Å². The Morgan fingerprint density at radius 2 is 2.00 bits per heavy atom. The molecule has 94 valence electrons. The summed E-state index contributed by atoms with van der Waals surface area (Å²) in [6.07, 6.45) is 4.30. The first-order chi connectivity index (χ1) is 8.70. The number of hydrogen-bond acceptors (Lipinski definition) is 2. The molecule has 1 N–H and O–H groups in total. The second-order valence-corrected chi connectivity index (χ2v) is 5.64. The second-order valence-electron chi connectivity index (χ2n) is 4.12. The number of likely N-dealkylation sites (N-methyl/N-ethyl adjacent to an activating group) is 1. The van der Waals surface area contributed by atoms with Crippen LogP contribution in [0.25, 0.3) is 16.5 Å². The highest BCUT2D eigenvalue weighted by atomic mass is 35.5. The molecule has 0 saturated heterocycles. The van der Waals surface area contributed by atoms with E-state index < -0.39 is 0 Å². The Morgan fingerprint density at radius 1 is 1.22 bits per heavy atom. The number of halogens is 1. The van der Waals surface area contributed by atoms with Crippen molar-refractivity contribution >= 4 is 29.0 Å². The fourth-order valence-corrected chi connectivity index (χ4v) is 2.84. The summed E-state index contributed by atoms with van der Waals surface area (Å²) in [5, 5.41) is 3.98. The van der Waals surface area contributed by atoms with E-state index in [1.807, 2.05) is 25.2 Å². The summed E-state index contributed by atoms with van der Waals surface area (Å²) >= 11 is 7.95. The lowest BCUT2D eigenvalue weighted by Gasteiger charge is -2.01. The van der Waals surface area contributed by atoms with Crippen LogP contribution in [0.2, 0.25) is 5.02 Å². The number of benzene rings is 1. The first-order valence-corrected chi connectivity index (χ1v) is 7.10. The monoisotopic (exact) mass is 277 g/mol. The van der Waals surface area contributed by atoms with Gasteiger partial charge in [0.1, 0.15) is 0 Å². The van der Waals surface area contributed by atoms with Gasteiger partial charge in [0.15, 0.2) is 0 Å². The van der Waals surface area contributed by atoms with E-state index >= 15 is 0 Å². The van der Waals surface area contributed by atoms with Crippen LogP contribution in [0.3, 0.4) is 0 Å². The average molecular weight is 278 g/mol. The van der Waals surface area contributed by atoms with Gasteiger partial charge >= 0.3 is 0 Å². The summed E-state index contributed by atoms with van der Waals surface area (Å²) in [4.78, 5) is 2.45. The molecular formula is C15H16ClNS. The Labute approximate surface area is 117 Å². The van der Waals surface area contributed by atoms with Gasteiger partial charge in [0.25, 0.3) is 0 Å². The van der Waals surface area contributed by atoms with E-state index in [4.69, 9.17) is 11.6 Å². The molecule has 0 saturated carbocycles. The van der Waals surface area contributed by atoms with Gasteiger partial charge in [-0.2, -0.15) is 0 Å². The fraction of sp³-hybridized carbons (Fsp3) is 0.200. The Kier molecular flexibility index (Phi) is 4.59. The SMILES string of the molecule is CNC(C)/C=C/c1ccc(-c2ccccc2Cl)s1. The van der Waals surface area contributed by atoms with Crippen LogP contribution in [0.15, 0.2) is 42.5 Å². The summed E-state index contributed by atoms with van der Waals surface area (Å²) in [7, 11) is 1.96. The van der Waals surface area contributed by atoms with Gasteiger partial charge in [-0.3, -0.25) is 0 Å². The van der Waals surface area contributed by atoms with Crippen LogP contribution in [0, 0.1) is 0 Å². The average Bonchev–Trinajstić information content (AvgIpc) is 2.85. The Hall–Kier alpha value is -1.09. The maximum absolute atomic E-state index is 6.20. The van der Waals surface area contributed by atoms with Crippen molar-refractivity contribution in [3.05, 3.63) is 52.4 Å². The number of rotatable bonds is 4. The quantitative estimate of drug-likeness (QED) is 0.855. The highest BCUT2D eigenvalue weighted by Crippen LogP contribution is 2.33. The van der Waals surface area contributed by atoms with Gasteiger partial charge in [0.05, 0.1) is 0 Å². The van der Waals surface area contributed by atoms with Gasteiger partial charge in [0, 0.05) is 26.4 Å². The van der Waals surface area contributed by atoms with Crippen molar-refractivity contribution in [3.63, 3.8) is 0 Å². The fourth-order valence-electron chi connectivity index (χ4n) is 1.58. The molecule has 1 aromatic carbocycles. The van der Waals surface area contributed by atoms with E-state index in [-0.39, 0.29) is 0 Å². The van der Waals surface area contributed by atoms with Gasteiger partial charge in [-0.25, -0.2) is 0 Å². The van der Waals surface area contributed by atoms with E-state index in [2.05, 4.69) is 42.6 Å². The molecule has 18 heavy (non-hydrogen) atoms. The lowest BCUT2D eigenvalue weighted by Crippen LogP contribution is -2.17. The van der Waals surface area contributed by atoms with E-state index in [1.165, 1.54) is 9.75 Å². The van der Waals surface area contributed by atoms with Crippen molar-refractivity contribution in [1.82, 2.24) is 5.32 Å². The third kappa shape index (κ3) is 3.22. The molecule has 3 heteroatoms. The largest absolute Gasteiger partial charge is 0.314 e. The van der Waals surface area contributed by atoms with Crippen molar-refractivity contribution in [2.24, 2.45) is 0 Å². The summed E-state index contributed by atoms with van der Waals surface area (Å²) in [6, 6.07) is 12.6. The summed E-state index contributed by atoms with van der Waals surface area (Å²) in [5.74, 6) is 0. The Bertz CT molecular complexity index is 545. The van der Waals surface area contributed by atoms with Crippen LogP contribution in [0.5, 0.6) is 0 Å². The van der Waals surface area contributed by atoms with Crippen LogP contribution in [-0.2, 0) is 0 Å². The smallest absolute Gasteiger partial charge is 0.0492 e. The summed E-state index contributed by atoms with van der Waals surface area (Å²) in [5.41, 5.74) is 1.10. The molecular weight excluding hydrogens is 262 g/mol. The first kappa shape index (κ1) is 13.3. The van der Waals surface area contributed by atoms with Crippen molar-refractivity contribution in [2.75, 3.05) is 7.05 Å². The predicted molar refractivity (Wildman–Crippen MR) is 82.3 cm³/mol. The van der Waals surface area contributed by atoms with Crippen LogP contribution >= 0.6 is 22.9 Å². The summed E-state index contributed by atoms with van der Waals surface area (Å²) in [6.45, 7) is 2.12. The zero-order chi connectivity index (χ0) is 13.0. The lowest BCUT2D eigenvalue weighted by molar-refractivity contribution is 0.732. The lowest BCUT2D eigenvalue weighted by atomic mass is 10.2. The molecule has 2 aromatic rings. The zero-order valence-corrected chi connectivity index (χ0v) is 12.1. The zero-order valence-electron chi connectivity index (χ0n) is 10.5. The topological polar surface area (TPSA) is 12.0 Å². The molecule has 1 unspecified atom stereocenters. The van der Waals surface area contributed by atoms with E-state index in [9.17, 15) is 0 Å². The maximum Gasteiger partial charge on any atom is 0.0492 e. The van der Waals surface area contributed by atoms with Gasteiger partial charge in [-0.05, 0) is 38.2 Å². The Balaban J connectivity index is 2.21. The molecule has 1 heterocycles. The first-order valence-electron chi connectivity index (χ1n) is 5.91. The van der Waals surface area contributed by atoms with Gasteiger partial charge in [-0.15, -0.1) is 11.3 Å². The maximum atomic E-state index is 6.20. The van der Waals surface area contributed by atoms with Crippen molar-refractivity contribution in [1.29, 1.82) is 0 Å². The molecule has 0 radical (unpaired) electrons.